The first kappa shape index (κ1) is 12.2. The van der Waals surface area contributed by atoms with Crippen LogP contribution in [0.4, 0.5) is 0 Å². The monoisotopic (exact) mass is 206 g/mol. The minimum absolute atomic E-state index is 0.145. The van der Waals surface area contributed by atoms with E-state index >= 15 is 0 Å². The Morgan fingerprint density at radius 2 is 2.20 bits per heavy atom. The van der Waals surface area contributed by atoms with Crippen LogP contribution in [0.2, 0.25) is 0 Å². The van der Waals surface area contributed by atoms with Gasteiger partial charge in [-0.3, -0.25) is 4.79 Å². The molecule has 1 rings (SSSR count). The van der Waals surface area contributed by atoms with Gasteiger partial charge in [0.1, 0.15) is 5.78 Å². The molecule has 0 N–H and O–H groups in total. The van der Waals surface area contributed by atoms with E-state index in [1.54, 1.807) is 0 Å². The van der Waals surface area contributed by atoms with E-state index in [1.807, 2.05) is 6.92 Å². The molecule has 0 spiro atoms. The third-order valence-electron chi connectivity index (χ3n) is 3.52. The quantitative estimate of drug-likeness (QED) is 0.620. The molecular formula is C14H22O. The summed E-state index contributed by atoms with van der Waals surface area (Å²) >= 11 is 0. The van der Waals surface area contributed by atoms with Gasteiger partial charge in [0, 0.05) is 12.8 Å². The smallest absolute Gasteiger partial charge is 0.134 e. The Morgan fingerprint density at radius 3 is 2.67 bits per heavy atom. The lowest BCUT2D eigenvalue weighted by Crippen LogP contribution is -2.19. The van der Waals surface area contributed by atoms with Gasteiger partial charge in [-0.2, -0.15) is 0 Å². The van der Waals surface area contributed by atoms with E-state index in [2.05, 4.69) is 26.5 Å². The lowest BCUT2D eigenvalue weighted by atomic mass is 9.79. The summed E-state index contributed by atoms with van der Waals surface area (Å²) in [6.07, 6.45) is 6.76. The molecule has 1 aliphatic carbocycles. The third-order valence-corrected chi connectivity index (χ3v) is 3.52. The SMILES string of the molecule is C=C(C)CCC(=O)CC1(C)CCC=C1C. The topological polar surface area (TPSA) is 17.1 Å². The molecular weight excluding hydrogens is 184 g/mol. The van der Waals surface area contributed by atoms with Crippen molar-refractivity contribution in [3.05, 3.63) is 23.8 Å². The van der Waals surface area contributed by atoms with E-state index in [0.717, 1.165) is 24.8 Å². The van der Waals surface area contributed by atoms with Gasteiger partial charge in [-0.1, -0.05) is 24.1 Å². The normalized spacial score (nSPS) is 25.1. The summed E-state index contributed by atoms with van der Waals surface area (Å²) < 4.78 is 0. The lowest BCUT2D eigenvalue weighted by Gasteiger charge is -2.25. The minimum atomic E-state index is 0.145. The number of Topliss-reactive ketones (excluding diaryl/α,β-unsaturated/α-hetero) is 1. The van der Waals surface area contributed by atoms with Crippen LogP contribution >= 0.6 is 0 Å². The van der Waals surface area contributed by atoms with Crippen LogP contribution < -0.4 is 0 Å². The van der Waals surface area contributed by atoms with Crippen LogP contribution in [0.5, 0.6) is 0 Å². The van der Waals surface area contributed by atoms with Crippen molar-refractivity contribution in [2.45, 2.75) is 52.9 Å². The molecule has 0 aromatic carbocycles. The summed E-state index contributed by atoms with van der Waals surface area (Å²) in [6.45, 7) is 10.2. The van der Waals surface area contributed by atoms with Gasteiger partial charge in [-0.05, 0) is 38.5 Å². The van der Waals surface area contributed by atoms with Crippen LogP contribution in [0.3, 0.4) is 0 Å². The van der Waals surface area contributed by atoms with E-state index < -0.39 is 0 Å². The first-order valence-corrected chi connectivity index (χ1v) is 5.77. The van der Waals surface area contributed by atoms with E-state index in [1.165, 1.54) is 5.57 Å². The molecule has 0 radical (unpaired) electrons. The van der Waals surface area contributed by atoms with Crippen molar-refractivity contribution >= 4 is 5.78 Å². The van der Waals surface area contributed by atoms with Crippen molar-refractivity contribution < 1.29 is 4.79 Å². The molecule has 15 heavy (non-hydrogen) atoms. The van der Waals surface area contributed by atoms with Crippen molar-refractivity contribution in [1.29, 1.82) is 0 Å². The van der Waals surface area contributed by atoms with Gasteiger partial charge >= 0.3 is 0 Å². The number of ketones is 1. The Balaban J connectivity index is 2.44. The highest BCUT2D eigenvalue weighted by atomic mass is 16.1. The van der Waals surface area contributed by atoms with Crippen LogP contribution in [0.1, 0.15) is 52.9 Å². The highest BCUT2D eigenvalue weighted by Crippen LogP contribution is 2.41. The van der Waals surface area contributed by atoms with E-state index in [4.69, 9.17) is 0 Å². The predicted octanol–water partition coefficient (Wildman–Crippen LogP) is 4.05. The summed E-state index contributed by atoms with van der Waals surface area (Å²) in [5.74, 6) is 0.384. The molecule has 1 heteroatoms. The maximum Gasteiger partial charge on any atom is 0.134 e. The fourth-order valence-electron chi connectivity index (χ4n) is 2.15. The zero-order valence-electron chi connectivity index (χ0n) is 10.2. The molecule has 0 saturated heterocycles. The van der Waals surface area contributed by atoms with E-state index in [9.17, 15) is 4.79 Å². The molecule has 0 aromatic rings. The number of hydrogen-bond acceptors (Lipinski definition) is 1. The average Bonchev–Trinajstić information content (AvgIpc) is 2.44. The third kappa shape index (κ3) is 3.33. The Labute approximate surface area is 93.3 Å². The lowest BCUT2D eigenvalue weighted by molar-refractivity contribution is -0.120. The predicted molar refractivity (Wildman–Crippen MR) is 64.8 cm³/mol. The molecule has 0 amide bonds. The number of allylic oxidation sites excluding steroid dienone is 3. The highest BCUT2D eigenvalue weighted by Gasteiger charge is 2.31. The van der Waals surface area contributed by atoms with Gasteiger partial charge in [0.05, 0.1) is 0 Å². The maximum atomic E-state index is 11.8. The Kier molecular flexibility index (Phi) is 3.90. The number of carbonyl (C=O) groups excluding carboxylic acids is 1. The molecule has 1 aliphatic rings. The molecule has 0 fully saturated rings. The van der Waals surface area contributed by atoms with Crippen molar-refractivity contribution in [1.82, 2.24) is 0 Å². The van der Waals surface area contributed by atoms with Gasteiger partial charge in [0.2, 0.25) is 0 Å². The summed E-state index contributed by atoms with van der Waals surface area (Å²) in [5, 5.41) is 0. The van der Waals surface area contributed by atoms with Crippen LogP contribution in [-0.2, 0) is 4.79 Å². The molecule has 1 unspecified atom stereocenters. The average molecular weight is 206 g/mol. The molecule has 1 atom stereocenters. The molecule has 0 saturated carbocycles. The second-order valence-corrected chi connectivity index (χ2v) is 5.16. The number of carbonyl (C=O) groups is 1. The van der Waals surface area contributed by atoms with Crippen LogP contribution in [-0.4, -0.2) is 5.78 Å². The second-order valence-electron chi connectivity index (χ2n) is 5.16. The van der Waals surface area contributed by atoms with Crippen molar-refractivity contribution in [3.8, 4) is 0 Å². The molecule has 1 nitrogen and oxygen atoms in total. The number of hydrogen-bond donors (Lipinski definition) is 0. The molecule has 84 valence electrons. The van der Waals surface area contributed by atoms with Gasteiger partial charge in [0.15, 0.2) is 0 Å². The van der Waals surface area contributed by atoms with Crippen LogP contribution in [0.15, 0.2) is 23.8 Å². The molecule has 0 heterocycles. The Hall–Kier alpha value is -0.850. The fraction of sp³-hybridized carbons (Fsp3) is 0.643. The van der Waals surface area contributed by atoms with Crippen molar-refractivity contribution in [2.75, 3.05) is 0 Å². The van der Waals surface area contributed by atoms with Crippen molar-refractivity contribution in [2.24, 2.45) is 5.41 Å². The van der Waals surface area contributed by atoms with Crippen LogP contribution in [0, 0.1) is 5.41 Å². The first-order chi connectivity index (χ1) is 6.94. The van der Waals surface area contributed by atoms with Gasteiger partial charge in [0.25, 0.3) is 0 Å². The summed E-state index contributed by atoms with van der Waals surface area (Å²) in [5.41, 5.74) is 2.64. The zero-order chi connectivity index (χ0) is 11.5. The molecule has 0 aliphatic heterocycles. The minimum Gasteiger partial charge on any atom is -0.300 e. The Bertz CT molecular complexity index is 298. The van der Waals surface area contributed by atoms with Gasteiger partial charge in [-0.25, -0.2) is 0 Å². The first-order valence-electron chi connectivity index (χ1n) is 5.77. The number of rotatable bonds is 5. The second kappa shape index (κ2) is 4.78. The fourth-order valence-corrected chi connectivity index (χ4v) is 2.15. The van der Waals surface area contributed by atoms with E-state index in [0.29, 0.717) is 18.6 Å². The molecule has 0 bridgehead atoms. The van der Waals surface area contributed by atoms with E-state index in [-0.39, 0.29) is 5.41 Å². The van der Waals surface area contributed by atoms with Crippen molar-refractivity contribution in [3.63, 3.8) is 0 Å². The largest absolute Gasteiger partial charge is 0.300 e. The standard InChI is InChI=1S/C14H22O/c1-11(2)7-8-13(15)10-14(4)9-5-6-12(14)3/h6H,1,5,7-10H2,2-4H3. The van der Waals surface area contributed by atoms with Gasteiger partial charge in [-0.15, -0.1) is 6.58 Å². The zero-order valence-corrected chi connectivity index (χ0v) is 10.2. The molecule has 0 aromatic heterocycles. The van der Waals surface area contributed by atoms with Gasteiger partial charge < -0.3 is 0 Å². The Morgan fingerprint density at radius 1 is 1.53 bits per heavy atom. The maximum absolute atomic E-state index is 11.8. The summed E-state index contributed by atoms with van der Waals surface area (Å²) in [4.78, 5) is 11.8. The summed E-state index contributed by atoms with van der Waals surface area (Å²) in [7, 11) is 0. The van der Waals surface area contributed by atoms with Crippen LogP contribution in [0.25, 0.3) is 0 Å². The summed E-state index contributed by atoms with van der Waals surface area (Å²) in [6, 6.07) is 0. The highest BCUT2D eigenvalue weighted by molar-refractivity contribution is 5.79.